The summed E-state index contributed by atoms with van der Waals surface area (Å²) in [5, 5.41) is 0. The minimum atomic E-state index is -3.86. The second-order valence-electron chi connectivity index (χ2n) is 5.06. The Morgan fingerprint density at radius 3 is 2.15 bits per heavy atom. The standard InChI is InChI=1S/C12H20N2O4S2/c1-8-5-6-9(2)12(11(8)13)20(17,18)14-10(3)7-19(4,15)16/h5-6,10,14H,7,13H2,1-4H3. The Labute approximate surface area is 120 Å². The highest BCUT2D eigenvalue weighted by atomic mass is 32.2. The lowest BCUT2D eigenvalue weighted by molar-refractivity contribution is 0.564. The third-order valence-electron chi connectivity index (χ3n) is 2.79. The van der Waals surface area contributed by atoms with Crippen LogP contribution in [0.2, 0.25) is 0 Å². The average Bonchev–Trinajstić information content (AvgIpc) is 2.19. The maximum atomic E-state index is 12.3. The highest BCUT2D eigenvalue weighted by Gasteiger charge is 2.24. The van der Waals surface area contributed by atoms with Gasteiger partial charge in [-0.1, -0.05) is 12.1 Å². The number of sulfone groups is 1. The second-order valence-corrected chi connectivity index (χ2v) is 8.89. The average molecular weight is 320 g/mol. The number of rotatable bonds is 5. The number of aryl methyl sites for hydroxylation is 2. The fourth-order valence-corrected chi connectivity index (χ4v) is 4.75. The van der Waals surface area contributed by atoms with Gasteiger partial charge in [-0.05, 0) is 31.9 Å². The third-order valence-corrected chi connectivity index (χ3v) is 5.69. The van der Waals surface area contributed by atoms with Crippen molar-refractivity contribution < 1.29 is 16.8 Å². The lowest BCUT2D eigenvalue weighted by Crippen LogP contribution is -2.37. The Bertz CT molecular complexity index is 709. The number of sulfonamides is 1. The molecule has 1 aromatic rings. The molecule has 1 unspecified atom stereocenters. The van der Waals surface area contributed by atoms with E-state index in [0.717, 1.165) is 6.26 Å². The molecule has 20 heavy (non-hydrogen) atoms. The zero-order chi connectivity index (χ0) is 15.7. The van der Waals surface area contributed by atoms with Gasteiger partial charge < -0.3 is 5.73 Å². The van der Waals surface area contributed by atoms with Gasteiger partial charge >= 0.3 is 0 Å². The van der Waals surface area contributed by atoms with E-state index in [4.69, 9.17) is 5.73 Å². The Kier molecular flexibility index (Phi) is 4.83. The number of benzene rings is 1. The summed E-state index contributed by atoms with van der Waals surface area (Å²) in [7, 11) is -7.12. The van der Waals surface area contributed by atoms with Gasteiger partial charge in [-0.3, -0.25) is 0 Å². The first-order chi connectivity index (χ1) is 8.94. The molecule has 0 aliphatic rings. The Morgan fingerprint density at radius 1 is 1.15 bits per heavy atom. The van der Waals surface area contributed by atoms with Gasteiger partial charge in [0, 0.05) is 12.3 Å². The minimum Gasteiger partial charge on any atom is -0.397 e. The molecule has 0 saturated heterocycles. The van der Waals surface area contributed by atoms with Gasteiger partial charge in [0.05, 0.1) is 11.4 Å². The SMILES string of the molecule is Cc1ccc(C)c(S(=O)(=O)NC(C)CS(C)(=O)=O)c1N. The summed E-state index contributed by atoms with van der Waals surface area (Å²) in [5.74, 6) is -0.267. The lowest BCUT2D eigenvalue weighted by Gasteiger charge is -2.17. The van der Waals surface area contributed by atoms with Gasteiger partial charge in [0.1, 0.15) is 14.7 Å². The maximum Gasteiger partial charge on any atom is 0.243 e. The smallest absolute Gasteiger partial charge is 0.243 e. The summed E-state index contributed by atoms with van der Waals surface area (Å²) in [4.78, 5) is 0.0119. The molecule has 0 aromatic heterocycles. The van der Waals surface area contributed by atoms with Crippen LogP contribution >= 0.6 is 0 Å². The van der Waals surface area contributed by atoms with E-state index in [1.54, 1.807) is 26.0 Å². The van der Waals surface area contributed by atoms with Crippen molar-refractivity contribution in [3.05, 3.63) is 23.3 Å². The van der Waals surface area contributed by atoms with Crippen LogP contribution < -0.4 is 10.5 Å². The first-order valence-corrected chi connectivity index (χ1v) is 9.54. The summed E-state index contributed by atoms with van der Waals surface area (Å²) >= 11 is 0. The fourth-order valence-electron chi connectivity index (χ4n) is 1.98. The molecule has 0 saturated carbocycles. The van der Waals surface area contributed by atoms with E-state index in [0.29, 0.717) is 11.1 Å². The molecule has 0 aliphatic heterocycles. The monoisotopic (exact) mass is 320 g/mol. The second kappa shape index (κ2) is 5.71. The molecule has 0 radical (unpaired) electrons. The van der Waals surface area contributed by atoms with Crippen molar-refractivity contribution in [3.8, 4) is 0 Å². The molecule has 6 nitrogen and oxygen atoms in total. The van der Waals surface area contributed by atoms with E-state index in [1.807, 2.05) is 0 Å². The van der Waals surface area contributed by atoms with Crippen LogP contribution in [0.5, 0.6) is 0 Å². The zero-order valence-electron chi connectivity index (χ0n) is 12.0. The molecule has 0 amide bonds. The van der Waals surface area contributed by atoms with Crippen LogP contribution in [0, 0.1) is 13.8 Å². The van der Waals surface area contributed by atoms with Crippen LogP contribution in [0.3, 0.4) is 0 Å². The zero-order valence-corrected chi connectivity index (χ0v) is 13.6. The lowest BCUT2D eigenvalue weighted by atomic mass is 10.1. The van der Waals surface area contributed by atoms with Crippen LogP contribution in [0.15, 0.2) is 17.0 Å². The summed E-state index contributed by atoms with van der Waals surface area (Å²) in [6.45, 7) is 4.86. The number of hydrogen-bond acceptors (Lipinski definition) is 5. The van der Waals surface area contributed by atoms with E-state index in [1.165, 1.54) is 6.92 Å². The molecule has 0 aliphatic carbocycles. The molecule has 1 atom stereocenters. The van der Waals surface area contributed by atoms with Gasteiger partial charge in [-0.15, -0.1) is 0 Å². The molecule has 114 valence electrons. The van der Waals surface area contributed by atoms with Crippen molar-refractivity contribution in [2.24, 2.45) is 0 Å². The van der Waals surface area contributed by atoms with E-state index in [9.17, 15) is 16.8 Å². The van der Waals surface area contributed by atoms with Crippen molar-refractivity contribution in [2.75, 3.05) is 17.7 Å². The van der Waals surface area contributed by atoms with E-state index in [2.05, 4.69) is 4.72 Å². The van der Waals surface area contributed by atoms with Crippen molar-refractivity contribution in [1.29, 1.82) is 0 Å². The highest BCUT2D eigenvalue weighted by molar-refractivity contribution is 7.91. The van der Waals surface area contributed by atoms with E-state index >= 15 is 0 Å². The molecule has 0 fully saturated rings. The van der Waals surface area contributed by atoms with Crippen LogP contribution in [-0.4, -0.2) is 34.9 Å². The molecule has 0 bridgehead atoms. The first-order valence-electron chi connectivity index (χ1n) is 6.00. The van der Waals surface area contributed by atoms with Crippen LogP contribution in [0.4, 0.5) is 5.69 Å². The Balaban J connectivity index is 3.16. The van der Waals surface area contributed by atoms with Gasteiger partial charge in [0.2, 0.25) is 10.0 Å². The van der Waals surface area contributed by atoms with E-state index in [-0.39, 0.29) is 16.3 Å². The van der Waals surface area contributed by atoms with Crippen LogP contribution in [0.1, 0.15) is 18.1 Å². The minimum absolute atomic E-state index is 0.0119. The normalized spacial score (nSPS) is 14.2. The Hall–Kier alpha value is -1.12. The summed E-state index contributed by atoms with van der Waals surface area (Å²) in [6, 6.07) is 2.68. The fraction of sp³-hybridized carbons (Fsp3) is 0.500. The summed E-state index contributed by atoms with van der Waals surface area (Å²) < 4.78 is 49.4. The molecule has 1 aromatic carbocycles. The largest absolute Gasteiger partial charge is 0.397 e. The van der Waals surface area contributed by atoms with Crippen LogP contribution in [0.25, 0.3) is 0 Å². The van der Waals surface area contributed by atoms with Crippen molar-refractivity contribution in [3.63, 3.8) is 0 Å². The molecule has 0 spiro atoms. The Morgan fingerprint density at radius 2 is 1.65 bits per heavy atom. The number of nitrogen functional groups attached to an aromatic ring is 1. The predicted octanol–water partition coefficient (Wildman–Crippen LogP) is 0.597. The van der Waals surface area contributed by atoms with Gasteiger partial charge in [-0.2, -0.15) is 0 Å². The van der Waals surface area contributed by atoms with Crippen LogP contribution in [-0.2, 0) is 19.9 Å². The predicted molar refractivity (Wildman–Crippen MR) is 79.8 cm³/mol. The highest BCUT2D eigenvalue weighted by Crippen LogP contribution is 2.25. The molecular weight excluding hydrogens is 300 g/mol. The number of hydrogen-bond donors (Lipinski definition) is 2. The molecule has 3 N–H and O–H groups in total. The summed E-state index contributed by atoms with van der Waals surface area (Å²) in [5.41, 5.74) is 7.20. The molecule has 1 rings (SSSR count). The quantitative estimate of drug-likeness (QED) is 0.773. The number of anilines is 1. The van der Waals surface area contributed by atoms with Gasteiger partial charge in [-0.25, -0.2) is 21.6 Å². The number of nitrogens with two attached hydrogens (primary N) is 1. The van der Waals surface area contributed by atoms with E-state index < -0.39 is 25.9 Å². The summed E-state index contributed by atoms with van der Waals surface area (Å²) in [6.07, 6.45) is 1.06. The number of nitrogens with one attached hydrogen (secondary N) is 1. The topological polar surface area (TPSA) is 106 Å². The van der Waals surface area contributed by atoms with Gasteiger partial charge in [0.15, 0.2) is 0 Å². The third kappa shape index (κ3) is 4.19. The first kappa shape index (κ1) is 16.9. The molecule has 0 heterocycles. The van der Waals surface area contributed by atoms with Crippen molar-refractivity contribution >= 4 is 25.5 Å². The van der Waals surface area contributed by atoms with Crippen molar-refractivity contribution in [1.82, 2.24) is 4.72 Å². The maximum absolute atomic E-state index is 12.3. The molecular formula is C12H20N2O4S2. The van der Waals surface area contributed by atoms with Crippen molar-refractivity contribution in [2.45, 2.75) is 31.7 Å². The molecule has 8 heteroatoms. The van der Waals surface area contributed by atoms with Gasteiger partial charge in [0.25, 0.3) is 0 Å².